The number of aryl methyl sites for hydroxylation is 4. The van der Waals surface area contributed by atoms with Gasteiger partial charge in [0.1, 0.15) is 0 Å². The summed E-state index contributed by atoms with van der Waals surface area (Å²) in [6.07, 6.45) is 1.96. The lowest BCUT2D eigenvalue weighted by molar-refractivity contribution is 0.913. The molecule has 1 heterocycles. The quantitative estimate of drug-likeness (QED) is 0.501. The maximum atomic E-state index is 6.01. The molecule has 134 valence electrons. The van der Waals surface area contributed by atoms with Gasteiger partial charge in [-0.25, -0.2) is 9.98 Å². The van der Waals surface area contributed by atoms with E-state index < -0.39 is 0 Å². The van der Waals surface area contributed by atoms with Gasteiger partial charge in [-0.2, -0.15) is 0 Å². The Morgan fingerprint density at radius 1 is 1.08 bits per heavy atom. The van der Waals surface area contributed by atoms with Crippen molar-refractivity contribution in [3.05, 3.63) is 81.3 Å². The first kappa shape index (κ1) is 18.1. The number of aliphatic imine (C=N–C) groups is 1. The number of hydrogen-bond donors (Lipinski definition) is 2. The van der Waals surface area contributed by atoms with Crippen molar-refractivity contribution in [1.29, 1.82) is 0 Å². The predicted octanol–water partition coefficient (Wildman–Crippen LogP) is 4.47. The van der Waals surface area contributed by atoms with Gasteiger partial charge in [0.15, 0.2) is 5.96 Å². The first-order valence-electron chi connectivity index (χ1n) is 8.71. The van der Waals surface area contributed by atoms with Crippen LogP contribution < -0.4 is 11.1 Å². The van der Waals surface area contributed by atoms with E-state index in [4.69, 9.17) is 5.73 Å². The Morgan fingerprint density at radius 3 is 2.54 bits per heavy atom. The summed E-state index contributed by atoms with van der Waals surface area (Å²) < 4.78 is 0. The van der Waals surface area contributed by atoms with Crippen LogP contribution in [0.25, 0.3) is 0 Å². The van der Waals surface area contributed by atoms with Crippen molar-refractivity contribution >= 4 is 23.0 Å². The summed E-state index contributed by atoms with van der Waals surface area (Å²) in [5.41, 5.74) is 11.7. The largest absolute Gasteiger partial charge is 0.370 e. The average molecular weight is 365 g/mol. The second-order valence-corrected chi connectivity index (χ2v) is 7.36. The van der Waals surface area contributed by atoms with Crippen molar-refractivity contribution in [1.82, 2.24) is 4.98 Å². The molecule has 0 amide bonds. The van der Waals surface area contributed by atoms with E-state index in [0.29, 0.717) is 12.5 Å². The van der Waals surface area contributed by atoms with Gasteiger partial charge < -0.3 is 11.1 Å². The Morgan fingerprint density at radius 2 is 1.81 bits per heavy atom. The molecular formula is C21H24N4S. The zero-order valence-electron chi connectivity index (χ0n) is 15.2. The lowest BCUT2D eigenvalue weighted by atomic mass is 10.1. The number of nitrogens with two attached hydrogens (primary N) is 1. The molecule has 0 saturated carbocycles. The molecule has 0 bridgehead atoms. The molecule has 0 unspecified atom stereocenters. The molecule has 4 nitrogen and oxygen atoms in total. The van der Waals surface area contributed by atoms with Crippen LogP contribution in [0.1, 0.15) is 27.4 Å². The van der Waals surface area contributed by atoms with Crippen LogP contribution in [0.4, 0.5) is 5.69 Å². The molecule has 5 heteroatoms. The second kappa shape index (κ2) is 8.63. The van der Waals surface area contributed by atoms with Crippen molar-refractivity contribution < 1.29 is 0 Å². The highest BCUT2D eigenvalue weighted by molar-refractivity contribution is 7.09. The Hall–Kier alpha value is -2.66. The van der Waals surface area contributed by atoms with E-state index in [2.05, 4.69) is 77.0 Å². The van der Waals surface area contributed by atoms with Gasteiger partial charge in [0.2, 0.25) is 0 Å². The third kappa shape index (κ3) is 5.43. The molecule has 0 spiro atoms. The number of guanidine groups is 1. The summed E-state index contributed by atoms with van der Waals surface area (Å²) in [5.74, 6) is 0.411. The Labute approximate surface area is 158 Å². The van der Waals surface area contributed by atoms with E-state index in [1.165, 1.54) is 16.7 Å². The number of anilines is 1. The smallest absolute Gasteiger partial charge is 0.193 e. The van der Waals surface area contributed by atoms with Gasteiger partial charge in [-0.3, -0.25) is 0 Å². The standard InChI is InChI=1S/C21H24N4S/c1-15-10-16(2)12-18(11-15)25-21(22)23-13-19-14-26-20(24-19)9-8-17-6-4-3-5-7-17/h3-7,10-12,14H,8-9,13H2,1-2H3,(H3,22,23,25). The molecule has 3 aromatic rings. The lowest BCUT2D eigenvalue weighted by Crippen LogP contribution is -2.22. The molecule has 0 aliphatic heterocycles. The van der Waals surface area contributed by atoms with E-state index in [1.54, 1.807) is 11.3 Å². The summed E-state index contributed by atoms with van der Waals surface area (Å²) in [7, 11) is 0. The van der Waals surface area contributed by atoms with Crippen LogP contribution in [0.3, 0.4) is 0 Å². The number of rotatable bonds is 6. The van der Waals surface area contributed by atoms with Crippen LogP contribution >= 0.6 is 11.3 Å². The van der Waals surface area contributed by atoms with Crippen LogP contribution in [0.5, 0.6) is 0 Å². The fourth-order valence-corrected chi connectivity index (χ4v) is 3.62. The molecule has 26 heavy (non-hydrogen) atoms. The van der Waals surface area contributed by atoms with Gasteiger partial charge in [0, 0.05) is 17.5 Å². The molecule has 0 saturated heterocycles. The normalized spacial score (nSPS) is 11.5. The molecular weight excluding hydrogens is 340 g/mol. The molecule has 3 rings (SSSR count). The highest BCUT2D eigenvalue weighted by Crippen LogP contribution is 2.15. The van der Waals surface area contributed by atoms with E-state index in [9.17, 15) is 0 Å². The molecule has 0 fully saturated rings. The van der Waals surface area contributed by atoms with Gasteiger partial charge in [-0.15, -0.1) is 11.3 Å². The first-order valence-corrected chi connectivity index (χ1v) is 9.59. The highest BCUT2D eigenvalue weighted by atomic mass is 32.1. The van der Waals surface area contributed by atoms with Crippen molar-refractivity contribution in [2.24, 2.45) is 10.7 Å². The molecule has 1 aromatic heterocycles. The summed E-state index contributed by atoms with van der Waals surface area (Å²) in [5, 5.41) is 6.35. The fraction of sp³-hybridized carbons (Fsp3) is 0.238. The number of nitrogens with zero attached hydrogens (tertiary/aromatic N) is 2. The van der Waals surface area contributed by atoms with Crippen LogP contribution in [0.15, 0.2) is 58.9 Å². The number of thiazole rings is 1. The van der Waals surface area contributed by atoms with E-state index in [0.717, 1.165) is 29.2 Å². The van der Waals surface area contributed by atoms with E-state index >= 15 is 0 Å². The van der Waals surface area contributed by atoms with Gasteiger partial charge in [-0.1, -0.05) is 36.4 Å². The number of benzene rings is 2. The third-order valence-corrected chi connectivity index (χ3v) is 4.93. The summed E-state index contributed by atoms with van der Waals surface area (Å²) in [6.45, 7) is 4.63. The maximum Gasteiger partial charge on any atom is 0.193 e. The van der Waals surface area contributed by atoms with Gasteiger partial charge in [-0.05, 0) is 49.1 Å². The molecule has 0 radical (unpaired) electrons. The SMILES string of the molecule is Cc1cc(C)cc(NC(N)=NCc2csc(CCc3ccccc3)n2)c1. The highest BCUT2D eigenvalue weighted by Gasteiger charge is 2.03. The lowest BCUT2D eigenvalue weighted by Gasteiger charge is -2.07. The monoisotopic (exact) mass is 364 g/mol. The summed E-state index contributed by atoms with van der Waals surface area (Å²) in [4.78, 5) is 9.07. The molecule has 0 atom stereocenters. The minimum absolute atomic E-state index is 0.411. The van der Waals surface area contributed by atoms with Crippen molar-refractivity contribution in [3.8, 4) is 0 Å². The Kier molecular flexibility index (Phi) is 6.02. The van der Waals surface area contributed by atoms with Crippen molar-refractivity contribution in [2.75, 3.05) is 5.32 Å². The zero-order chi connectivity index (χ0) is 18.4. The van der Waals surface area contributed by atoms with Crippen LogP contribution in [0, 0.1) is 13.8 Å². The van der Waals surface area contributed by atoms with Crippen LogP contribution in [-0.2, 0) is 19.4 Å². The minimum atomic E-state index is 0.411. The number of hydrogen-bond acceptors (Lipinski definition) is 3. The minimum Gasteiger partial charge on any atom is -0.370 e. The molecule has 0 aliphatic carbocycles. The van der Waals surface area contributed by atoms with Gasteiger partial charge in [0.25, 0.3) is 0 Å². The van der Waals surface area contributed by atoms with Crippen LogP contribution in [-0.4, -0.2) is 10.9 Å². The third-order valence-electron chi connectivity index (χ3n) is 3.98. The van der Waals surface area contributed by atoms with E-state index in [1.807, 2.05) is 6.07 Å². The molecule has 3 N–H and O–H groups in total. The second-order valence-electron chi connectivity index (χ2n) is 6.42. The predicted molar refractivity (Wildman–Crippen MR) is 111 cm³/mol. The molecule has 0 aliphatic rings. The van der Waals surface area contributed by atoms with Crippen molar-refractivity contribution in [2.45, 2.75) is 33.2 Å². The first-order chi connectivity index (χ1) is 12.6. The average Bonchev–Trinajstić information content (AvgIpc) is 3.06. The Balaban J connectivity index is 1.54. The van der Waals surface area contributed by atoms with Gasteiger partial charge >= 0.3 is 0 Å². The topological polar surface area (TPSA) is 63.3 Å². The van der Waals surface area contributed by atoms with Crippen molar-refractivity contribution in [3.63, 3.8) is 0 Å². The summed E-state index contributed by atoms with van der Waals surface area (Å²) >= 11 is 1.69. The molecule has 2 aromatic carbocycles. The summed E-state index contributed by atoms with van der Waals surface area (Å²) in [6, 6.07) is 16.7. The Bertz CT molecular complexity index is 864. The van der Waals surface area contributed by atoms with Gasteiger partial charge in [0.05, 0.1) is 17.2 Å². The zero-order valence-corrected chi connectivity index (χ0v) is 16.0. The fourth-order valence-electron chi connectivity index (χ4n) is 2.83. The number of nitrogens with one attached hydrogen (secondary N) is 1. The van der Waals surface area contributed by atoms with E-state index in [-0.39, 0.29) is 0 Å². The van der Waals surface area contributed by atoms with Crippen LogP contribution in [0.2, 0.25) is 0 Å². The number of aromatic nitrogens is 1. The maximum absolute atomic E-state index is 6.01.